The lowest BCUT2D eigenvalue weighted by atomic mass is 9.86. The maximum atomic E-state index is 11.3. The van der Waals surface area contributed by atoms with Crippen molar-refractivity contribution in [1.82, 2.24) is 9.97 Å². The van der Waals surface area contributed by atoms with Crippen molar-refractivity contribution in [2.75, 3.05) is 19.0 Å². The fourth-order valence-electron chi connectivity index (χ4n) is 2.72. The second-order valence-corrected chi connectivity index (χ2v) is 5.35. The molecule has 0 saturated carbocycles. The monoisotopic (exact) mass is 293 g/mol. The minimum atomic E-state index is -0.476. The van der Waals surface area contributed by atoms with Crippen LogP contribution in [0.5, 0.6) is 0 Å². The van der Waals surface area contributed by atoms with Crippen LogP contribution in [0.15, 0.2) is 12.4 Å². The molecule has 0 aromatic carbocycles. The van der Waals surface area contributed by atoms with Crippen molar-refractivity contribution in [1.29, 1.82) is 0 Å². The number of esters is 1. The fourth-order valence-corrected chi connectivity index (χ4v) is 2.72. The molecule has 2 rings (SSSR count). The summed E-state index contributed by atoms with van der Waals surface area (Å²) in [5.74, 6) is 0.201. The van der Waals surface area contributed by atoms with Gasteiger partial charge < -0.3 is 14.8 Å². The van der Waals surface area contributed by atoms with E-state index in [2.05, 4.69) is 33.9 Å². The third-order valence-corrected chi connectivity index (χ3v) is 4.18. The highest BCUT2D eigenvalue weighted by atomic mass is 16.5. The summed E-state index contributed by atoms with van der Waals surface area (Å²) in [7, 11) is 1.33. The molecule has 0 aliphatic carbocycles. The van der Waals surface area contributed by atoms with E-state index in [0.29, 0.717) is 11.9 Å². The number of aromatic nitrogens is 2. The molecule has 1 unspecified atom stereocenters. The van der Waals surface area contributed by atoms with Crippen molar-refractivity contribution in [3.8, 4) is 0 Å². The number of nitrogens with zero attached hydrogens (tertiary/aromatic N) is 2. The molecule has 1 saturated heterocycles. The minimum Gasteiger partial charge on any atom is -0.464 e. The second-order valence-electron chi connectivity index (χ2n) is 5.35. The molecule has 1 aliphatic heterocycles. The molecule has 0 bridgehead atoms. The molecule has 1 aromatic heterocycles. The lowest BCUT2D eigenvalue weighted by molar-refractivity contribution is -0.0864. The molecule has 116 valence electrons. The van der Waals surface area contributed by atoms with Crippen LogP contribution in [0.1, 0.15) is 50.0 Å². The zero-order valence-corrected chi connectivity index (χ0v) is 12.9. The number of methoxy groups -OCH3 is 1. The largest absolute Gasteiger partial charge is 0.464 e. The second kappa shape index (κ2) is 6.85. The normalized spacial score (nSPS) is 20.8. The van der Waals surface area contributed by atoms with Gasteiger partial charge >= 0.3 is 5.97 Å². The number of ether oxygens (including phenoxy) is 2. The molecule has 6 nitrogen and oxygen atoms in total. The summed E-state index contributed by atoms with van der Waals surface area (Å²) in [6.45, 7) is 5.08. The summed E-state index contributed by atoms with van der Waals surface area (Å²) in [5.41, 5.74) is 0.182. The van der Waals surface area contributed by atoms with Crippen LogP contribution in [0.4, 0.5) is 5.82 Å². The predicted octanol–water partition coefficient (Wildman–Crippen LogP) is 2.41. The van der Waals surface area contributed by atoms with Crippen molar-refractivity contribution in [3.63, 3.8) is 0 Å². The number of nitrogens with one attached hydrogen (secondary N) is 1. The molecule has 2 heterocycles. The van der Waals surface area contributed by atoms with Crippen LogP contribution >= 0.6 is 0 Å². The zero-order valence-electron chi connectivity index (χ0n) is 12.9. The van der Waals surface area contributed by atoms with Gasteiger partial charge in [0.15, 0.2) is 5.69 Å². The van der Waals surface area contributed by atoms with Crippen molar-refractivity contribution in [2.24, 2.45) is 0 Å². The number of hydrogen-bond donors (Lipinski definition) is 1. The van der Waals surface area contributed by atoms with Gasteiger partial charge in [-0.05, 0) is 25.7 Å². The molecule has 1 atom stereocenters. The van der Waals surface area contributed by atoms with Gasteiger partial charge in [-0.25, -0.2) is 14.8 Å². The molecule has 6 heteroatoms. The van der Waals surface area contributed by atoms with Gasteiger partial charge in [0.05, 0.1) is 25.1 Å². The van der Waals surface area contributed by atoms with E-state index < -0.39 is 5.97 Å². The highest BCUT2D eigenvalue weighted by Gasteiger charge is 2.34. The van der Waals surface area contributed by atoms with Crippen LogP contribution in [0.25, 0.3) is 0 Å². The maximum Gasteiger partial charge on any atom is 0.358 e. The van der Waals surface area contributed by atoms with Gasteiger partial charge in [0.25, 0.3) is 0 Å². The highest BCUT2D eigenvalue weighted by Crippen LogP contribution is 2.32. The van der Waals surface area contributed by atoms with Crippen LogP contribution in [-0.4, -0.2) is 41.3 Å². The SMILES string of the molecule is CCC1(CC)CC(Nc2cnc(C(=O)OC)cn2)CCO1. The Morgan fingerprint density at radius 2 is 2.19 bits per heavy atom. The highest BCUT2D eigenvalue weighted by molar-refractivity contribution is 5.86. The Balaban J connectivity index is 1.99. The van der Waals surface area contributed by atoms with Crippen LogP contribution in [0.2, 0.25) is 0 Å². The van der Waals surface area contributed by atoms with Crippen LogP contribution in [0, 0.1) is 0 Å². The third kappa shape index (κ3) is 3.69. The summed E-state index contributed by atoms with van der Waals surface area (Å²) in [6.07, 6.45) is 6.92. The molecule has 1 fully saturated rings. The van der Waals surface area contributed by atoms with Gasteiger partial charge in [-0.1, -0.05) is 13.8 Å². The average molecular weight is 293 g/mol. The Morgan fingerprint density at radius 1 is 1.43 bits per heavy atom. The smallest absolute Gasteiger partial charge is 0.358 e. The first-order valence-corrected chi connectivity index (χ1v) is 7.43. The van der Waals surface area contributed by atoms with Gasteiger partial charge in [-0.3, -0.25) is 0 Å². The molecule has 0 spiro atoms. The molecule has 1 aromatic rings. The van der Waals surface area contributed by atoms with Gasteiger partial charge in [0.1, 0.15) is 5.82 Å². The molecular weight excluding hydrogens is 270 g/mol. The van der Waals surface area contributed by atoms with E-state index in [1.165, 1.54) is 13.3 Å². The number of carbonyl (C=O) groups excluding carboxylic acids is 1. The first kappa shape index (κ1) is 15.7. The lowest BCUT2D eigenvalue weighted by Crippen LogP contribution is -2.43. The Kier molecular flexibility index (Phi) is 5.12. The van der Waals surface area contributed by atoms with E-state index in [-0.39, 0.29) is 11.3 Å². The quantitative estimate of drug-likeness (QED) is 0.840. The van der Waals surface area contributed by atoms with E-state index in [0.717, 1.165) is 32.3 Å². The van der Waals surface area contributed by atoms with Gasteiger partial charge in [0, 0.05) is 12.6 Å². The third-order valence-electron chi connectivity index (χ3n) is 4.18. The summed E-state index contributed by atoms with van der Waals surface area (Å²) < 4.78 is 10.6. The van der Waals surface area contributed by atoms with Crippen molar-refractivity contribution in [2.45, 2.75) is 51.2 Å². The van der Waals surface area contributed by atoms with Gasteiger partial charge in [0.2, 0.25) is 0 Å². The van der Waals surface area contributed by atoms with E-state index in [1.54, 1.807) is 6.20 Å². The summed E-state index contributed by atoms with van der Waals surface area (Å²) in [6, 6.07) is 0.317. The number of carbonyl (C=O) groups is 1. The van der Waals surface area contributed by atoms with Crippen molar-refractivity contribution >= 4 is 11.8 Å². The molecule has 0 amide bonds. The number of hydrogen-bond acceptors (Lipinski definition) is 6. The van der Waals surface area contributed by atoms with Crippen LogP contribution < -0.4 is 5.32 Å². The minimum absolute atomic E-state index is 0.0324. The molecule has 21 heavy (non-hydrogen) atoms. The van der Waals surface area contributed by atoms with E-state index >= 15 is 0 Å². The summed E-state index contributed by atoms with van der Waals surface area (Å²) >= 11 is 0. The predicted molar refractivity (Wildman–Crippen MR) is 79.3 cm³/mol. The van der Waals surface area contributed by atoms with Crippen molar-refractivity contribution < 1.29 is 14.3 Å². The van der Waals surface area contributed by atoms with Crippen LogP contribution in [-0.2, 0) is 9.47 Å². The standard InChI is InChI=1S/C15H23N3O3/c1-4-15(5-2)8-11(6-7-21-15)18-13-10-16-12(9-17-13)14(19)20-3/h9-11H,4-8H2,1-3H3,(H,17,18). The Hall–Kier alpha value is -1.69. The van der Waals surface area contributed by atoms with Gasteiger partial charge in [-0.2, -0.15) is 0 Å². The maximum absolute atomic E-state index is 11.3. The van der Waals surface area contributed by atoms with Gasteiger partial charge in [-0.15, -0.1) is 0 Å². The number of anilines is 1. The first-order chi connectivity index (χ1) is 10.1. The average Bonchev–Trinajstić information content (AvgIpc) is 2.55. The zero-order chi connectivity index (χ0) is 15.3. The van der Waals surface area contributed by atoms with E-state index in [9.17, 15) is 4.79 Å². The van der Waals surface area contributed by atoms with Crippen molar-refractivity contribution in [3.05, 3.63) is 18.1 Å². The van der Waals surface area contributed by atoms with E-state index in [1.807, 2.05) is 0 Å². The first-order valence-electron chi connectivity index (χ1n) is 7.43. The molecular formula is C15H23N3O3. The fraction of sp³-hybridized carbons (Fsp3) is 0.667. The summed E-state index contributed by atoms with van der Waals surface area (Å²) in [4.78, 5) is 19.6. The lowest BCUT2D eigenvalue weighted by Gasteiger charge is -2.40. The van der Waals surface area contributed by atoms with Crippen LogP contribution in [0.3, 0.4) is 0 Å². The Bertz CT molecular complexity index is 472. The number of rotatable bonds is 5. The topological polar surface area (TPSA) is 73.3 Å². The van der Waals surface area contributed by atoms with E-state index in [4.69, 9.17) is 4.74 Å². The summed E-state index contributed by atoms with van der Waals surface area (Å²) in [5, 5.41) is 3.38. The Labute approximate surface area is 125 Å². The molecule has 0 radical (unpaired) electrons. The molecule has 1 N–H and O–H groups in total. The molecule has 1 aliphatic rings. The Morgan fingerprint density at radius 3 is 2.76 bits per heavy atom.